The molecule has 5 nitrogen and oxygen atoms in total. The van der Waals surface area contributed by atoms with Crippen LogP contribution in [-0.2, 0) is 13.6 Å². The highest BCUT2D eigenvalue weighted by atomic mass is 15.3. The van der Waals surface area contributed by atoms with Gasteiger partial charge in [0.15, 0.2) is 0 Å². The van der Waals surface area contributed by atoms with Gasteiger partial charge in [-0.25, -0.2) is 4.98 Å². The SMILES string of the molecule is CCC(C)C1CNC(CC)(CC)CN1Cc1ncnn1C. The van der Waals surface area contributed by atoms with E-state index < -0.39 is 0 Å². The summed E-state index contributed by atoms with van der Waals surface area (Å²) in [6, 6.07) is 0.581. The van der Waals surface area contributed by atoms with E-state index in [1.807, 2.05) is 11.7 Å². The zero-order valence-corrected chi connectivity index (χ0v) is 14.3. The Morgan fingerprint density at radius 2 is 2.10 bits per heavy atom. The van der Waals surface area contributed by atoms with Crippen LogP contribution < -0.4 is 5.32 Å². The average Bonchev–Trinajstić information content (AvgIpc) is 2.91. The number of hydrogen-bond acceptors (Lipinski definition) is 4. The van der Waals surface area contributed by atoms with E-state index in [1.54, 1.807) is 6.33 Å². The van der Waals surface area contributed by atoms with Crippen molar-refractivity contribution < 1.29 is 0 Å². The maximum Gasteiger partial charge on any atom is 0.140 e. The van der Waals surface area contributed by atoms with Crippen molar-refractivity contribution in [1.82, 2.24) is 25.0 Å². The van der Waals surface area contributed by atoms with Gasteiger partial charge in [0, 0.05) is 31.7 Å². The van der Waals surface area contributed by atoms with Crippen molar-refractivity contribution in [3.05, 3.63) is 12.2 Å². The second-order valence-electron chi connectivity index (χ2n) is 6.53. The largest absolute Gasteiger partial charge is 0.308 e. The Morgan fingerprint density at radius 3 is 2.62 bits per heavy atom. The summed E-state index contributed by atoms with van der Waals surface area (Å²) in [6.45, 7) is 12.3. The van der Waals surface area contributed by atoms with E-state index in [2.05, 4.69) is 48.0 Å². The Morgan fingerprint density at radius 1 is 1.38 bits per heavy atom. The predicted octanol–water partition coefficient (Wildman–Crippen LogP) is 2.19. The lowest BCUT2D eigenvalue weighted by molar-refractivity contribution is 0.0369. The fourth-order valence-electron chi connectivity index (χ4n) is 3.39. The molecule has 1 aliphatic heterocycles. The second kappa shape index (κ2) is 6.88. The highest BCUT2D eigenvalue weighted by Crippen LogP contribution is 2.27. The van der Waals surface area contributed by atoms with Gasteiger partial charge in [-0.1, -0.05) is 34.1 Å². The molecule has 0 aliphatic carbocycles. The Bertz CT molecular complexity index is 438. The average molecular weight is 293 g/mol. The fraction of sp³-hybridized carbons (Fsp3) is 0.875. The number of aromatic nitrogens is 3. The standard InChI is InChI=1S/C16H31N5/c1-6-13(4)14-9-18-16(7-2,8-3)11-21(14)10-15-17-12-19-20(15)5/h12-14,18H,6-11H2,1-5H3. The second-order valence-corrected chi connectivity index (χ2v) is 6.53. The van der Waals surface area contributed by atoms with E-state index in [1.165, 1.54) is 19.3 Å². The highest BCUT2D eigenvalue weighted by Gasteiger charge is 2.38. The number of hydrogen-bond donors (Lipinski definition) is 1. The summed E-state index contributed by atoms with van der Waals surface area (Å²) in [6.07, 6.45) is 5.22. The number of nitrogens with one attached hydrogen (secondary N) is 1. The molecule has 0 bridgehead atoms. The third kappa shape index (κ3) is 3.46. The lowest BCUT2D eigenvalue weighted by Gasteiger charge is -2.49. The van der Waals surface area contributed by atoms with Gasteiger partial charge in [0.2, 0.25) is 0 Å². The van der Waals surface area contributed by atoms with Gasteiger partial charge in [-0.2, -0.15) is 5.10 Å². The summed E-state index contributed by atoms with van der Waals surface area (Å²) in [5, 5.41) is 8.05. The Balaban J connectivity index is 2.18. The van der Waals surface area contributed by atoms with Crippen LogP contribution in [0.15, 0.2) is 6.33 Å². The number of aryl methyl sites for hydroxylation is 1. The molecule has 120 valence electrons. The van der Waals surface area contributed by atoms with Gasteiger partial charge in [-0.05, 0) is 18.8 Å². The fourth-order valence-corrected chi connectivity index (χ4v) is 3.39. The number of rotatable bonds is 6. The molecular weight excluding hydrogens is 262 g/mol. The molecule has 1 saturated heterocycles. The molecule has 0 spiro atoms. The van der Waals surface area contributed by atoms with E-state index in [4.69, 9.17) is 0 Å². The molecule has 2 heterocycles. The summed E-state index contributed by atoms with van der Waals surface area (Å²) in [5.74, 6) is 1.75. The number of piperazine rings is 1. The molecule has 1 aromatic rings. The maximum atomic E-state index is 4.42. The van der Waals surface area contributed by atoms with Gasteiger partial charge in [0.1, 0.15) is 12.2 Å². The maximum absolute atomic E-state index is 4.42. The topological polar surface area (TPSA) is 46.0 Å². The first-order chi connectivity index (χ1) is 10.0. The van der Waals surface area contributed by atoms with Crippen molar-refractivity contribution in [3.8, 4) is 0 Å². The van der Waals surface area contributed by atoms with Crippen LogP contribution >= 0.6 is 0 Å². The molecule has 1 aliphatic rings. The summed E-state index contributed by atoms with van der Waals surface area (Å²) in [5.41, 5.74) is 0.253. The van der Waals surface area contributed by atoms with E-state index in [0.29, 0.717) is 12.0 Å². The van der Waals surface area contributed by atoms with Crippen molar-refractivity contribution in [1.29, 1.82) is 0 Å². The molecule has 0 saturated carbocycles. The first-order valence-corrected chi connectivity index (χ1v) is 8.37. The molecule has 0 radical (unpaired) electrons. The highest BCUT2D eigenvalue weighted by molar-refractivity contribution is 4.99. The summed E-state index contributed by atoms with van der Waals surface area (Å²) >= 11 is 0. The lowest BCUT2D eigenvalue weighted by Crippen LogP contribution is -2.64. The summed E-state index contributed by atoms with van der Waals surface area (Å²) < 4.78 is 1.90. The van der Waals surface area contributed by atoms with Gasteiger partial charge in [-0.15, -0.1) is 0 Å². The minimum Gasteiger partial charge on any atom is -0.308 e. The predicted molar refractivity (Wildman–Crippen MR) is 86.0 cm³/mol. The molecule has 2 rings (SSSR count). The minimum atomic E-state index is 0.253. The summed E-state index contributed by atoms with van der Waals surface area (Å²) in [4.78, 5) is 7.05. The van der Waals surface area contributed by atoms with Crippen LogP contribution in [0.25, 0.3) is 0 Å². The van der Waals surface area contributed by atoms with Crippen LogP contribution in [0.4, 0.5) is 0 Å². The van der Waals surface area contributed by atoms with E-state index in [0.717, 1.165) is 25.5 Å². The molecule has 5 heteroatoms. The molecule has 0 aromatic carbocycles. The van der Waals surface area contributed by atoms with Gasteiger partial charge in [-0.3, -0.25) is 9.58 Å². The first-order valence-electron chi connectivity index (χ1n) is 8.37. The molecule has 1 aromatic heterocycles. The molecule has 2 atom stereocenters. The first kappa shape index (κ1) is 16.4. The van der Waals surface area contributed by atoms with Gasteiger partial charge in [0.25, 0.3) is 0 Å². The van der Waals surface area contributed by atoms with Crippen LogP contribution in [0.3, 0.4) is 0 Å². The van der Waals surface area contributed by atoms with E-state index >= 15 is 0 Å². The van der Waals surface area contributed by atoms with Crippen LogP contribution in [0, 0.1) is 5.92 Å². The number of nitrogens with zero attached hydrogens (tertiary/aromatic N) is 4. The third-order valence-electron chi connectivity index (χ3n) is 5.46. The molecule has 2 unspecified atom stereocenters. The minimum absolute atomic E-state index is 0.253. The van der Waals surface area contributed by atoms with Crippen LogP contribution in [0.2, 0.25) is 0 Å². The van der Waals surface area contributed by atoms with Gasteiger partial charge >= 0.3 is 0 Å². The lowest BCUT2D eigenvalue weighted by atomic mass is 9.85. The third-order valence-corrected chi connectivity index (χ3v) is 5.46. The van der Waals surface area contributed by atoms with Gasteiger partial charge in [0.05, 0.1) is 6.54 Å². The quantitative estimate of drug-likeness (QED) is 0.873. The summed E-state index contributed by atoms with van der Waals surface area (Å²) in [7, 11) is 1.98. The normalized spacial score (nSPS) is 24.1. The zero-order chi connectivity index (χ0) is 15.5. The van der Waals surface area contributed by atoms with Gasteiger partial charge < -0.3 is 5.32 Å². The molecular formula is C16H31N5. The zero-order valence-electron chi connectivity index (χ0n) is 14.3. The van der Waals surface area contributed by atoms with E-state index in [9.17, 15) is 0 Å². The van der Waals surface area contributed by atoms with Crippen molar-refractivity contribution in [2.75, 3.05) is 13.1 Å². The Labute approximate surface area is 129 Å². The van der Waals surface area contributed by atoms with Crippen LogP contribution in [0.5, 0.6) is 0 Å². The molecule has 1 N–H and O–H groups in total. The Hall–Kier alpha value is -0.940. The monoisotopic (exact) mass is 293 g/mol. The smallest absolute Gasteiger partial charge is 0.140 e. The molecule has 1 fully saturated rings. The molecule has 0 amide bonds. The van der Waals surface area contributed by atoms with Crippen molar-refractivity contribution in [2.45, 2.75) is 65.1 Å². The van der Waals surface area contributed by atoms with Crippen LogP contribution in [-0.4, -0.2) is 44.3 Å². The van der Waals surface area contributed by atoms with E-state index in [-0.39, 0.29) is 5.54 Å². The van der Waals surface area contributed by atoms with Crippen molar-refractivity contribution in [2.24, 2.45) is 13.0 Å². The van der Waals surface area contributed by atoms with Crippen molar-refractivity contribution >= 4 is 0 Å². The molecule has 21 heavy (non-hydrogen) atoms. The Kier molecular flexibility index (Phi) is 5.38. The van der Waals surface area contributed by atoms with Crippen molar-refractivity contribution in [3.63, 3.8) is 0 Å². The van der Waals surface area contributed by atoms with Crippen LogP contribution in [0.1, 0.15) is 52.8 Å².